The zero-order valence-electron chi connectivity index (χ0n) is 16.2. The Labute approximate surface area is 210 Å². The molecule has 4 rings (SSSR count). The fourth-order valence-corrected chi connectivity index (χ4v) is 4.51. The summed E-state index contributed by atoms with van der Waals surface area (Å²) in [5.74, 6) is 0.417. The van der Waals surface area contributed by atoms with Crippen LogP contribution >= 0.6 is 55.1 Å². The second-order valence-corrected chi connectivity index (χ2v) is 9.31. The molecule has 0 aliphatic heterocycles. The summed E-state index contributed by atoms with van der Waals surface area (Å²) < 4.78 is 13.0. The number of hydrogen-bond donors (Lipinski definition) is 1. The van der Waals surface area contributed by atoms with Gasteiger partial charge in [-0.1, -0.05) is 45.2 Å². The molecule has 0 saturated carbocycles. The van der Waals surface area contributed by atoms with E-state index in [0.29, 0.717) is 28.0 Å². The fourth-order valence-electron chi connectivity index (χ4n) is 2.85. The van der Waals surface area contributed by atoms with E-state index in [0.717, 1.165) is 25.5 Å². The van der Waals surface area contributed by atoms with Crippen LogP contribution in [0, 0.1) is 0 Å². The van der Waals surface area contributed by atoms with Crippen LogP contribution in [-0.4, -0.2) is 12.1 Å². The van der Waals surface area contributed by atoms with E-state index in [9.17, 15) is 4.79 Å². The van der Waals surface area contributed by atoms with Gasteiger partial charge in [-0.15, -0.1) is 0 Å². The van der Waals surface area contributed by atoms with Crippen molar-refractivity contribution in [3.8, 4) is 5.75 Å². The third-order valence-corrected chi connectivity index (χ3v) is 6.19. The zero-order valence-corrected chi connectivity index (χ0v) is 20.9. The molecule has 0 aliphatic rings. The van der Waals surface area contributed by atoms with Gasteiger partial charge in [-0.2, -0.15) is 5.10 Å². The van der Waals surface area contributed by atoms with Gasteiger partial charge in [0.15, 0.2) is 5.76 Å². The van der Waals surface area contributed by atoms with Crippen LogP contribution in [0.15, 0.2) is 79.1 Å². The average Bonchev–Trinajstić information content (AvgIpc) is 3.20. The number of nitrogens with one attached hydrogen (secondary N) is 1. The van der Waals surface area contributed by atoms with Crippen molar-refractivity contribution in [1.29, 1.82) is 0 Å². The standard InChI is InChI=1S/C23H14Br2Cl2N2O3/c24-16-8-15-9-21(32-22(15)18(25)10-16)23(30)29-28-11-13-1-4-17(5-2-13)31-12-14-3-6-19(26)20(27)7-14/h1-11H,12H2,(H,29,30)/b28-11-. The highest BCUT2D eigenvalue weighted by atomic mass is 79.9. The summed E-state index contributed by atoms with van der Waals surface area (Å²) in [6.07, 6.45) is 1.54. The molecule has 0 radical (unpaired) electrons. The third kappa shape index (κ3) is 5.53. The molecular formula is C23H14Br2Cl2N2O3. The number of rotatable bonds is 6. The topological polar surface area (TPSA) is 63.8 Å². The van der Waals surface area contributed by atoms with E-state index in [1.165, 1.54) is 6.21 Å². The van der Waals surface area contributed by atoms with Crippen LogP contribution in [0.5, 0.6) is 5.75 Å². The molecule has 3 aromatic carbocycles. The first-order valence-electron chi connectivity index (χ1n) is 9.28. The Morgan fingerprint density at radius 1 is 1.03 bits per heavy atom. The van der Waals surface area contributed by atoms with Crippen molar-refractivity contribution in [1.82, 2.24) is 5.43 Å². The molecule has 162 valence electrons. The number of fused-ring (bicyclic) bond motifs is 1. The molecule has 1 N–H and O–H groups in total. The van der Waals surface area contributed by atoms with E-state index in [4.69, 9.17) is 32.4 Å². The van der Waals surface area contributed by atoms with Gasteiger partial charge in [0.1, 0.15) is 17.9 Å². The molecule has 5 nitrogen and oxygen atoms in total. The summed E-state index contributed by atoms with van der Waals surface area (Å²) in [7, 11) is 0. The molecule has 0 spiro atoms. The Balaban J connectivity index is 1.34. The maximum Gasteiger partial charge on any atom is 0.307 e. The summed E-state index contributed by atoms with van der Waals surface area (Å²) in [5, 5.41) is 5.80. The number of hydrogen-bond acceptors (Lipinski definition) is 4. The van der Waals surface area contributed by atoms with E-state index < -0.39 is 5.91 Å². The Morgan fingerprint density at radius 3 is 2.56 bits per heavy atom. The van der Waals surface area contributed by atoms with Gasteiger partial charge >= 0.3 is 5.91 Å². The van der Waals surface area contributed by atoms with Crippen molar-refractivity contribution in [2.45, 2.75) is 6.61 Å². The first-order valence-corrected chi connectivity index (χ1v) is 11.6. The highest BCUT2D eigenvalue weighted by molar-refractivity contribution is 9.11. The highest BCUT2D eigenvalue weighted by Gasteiger charge is 2.14. The Bertz CT molecular complexity index is 1320. The third-order valence-electron chi connectivity index (χ3n) is 4.41. The number of nitrogens with zero attached hydrogens (tertiary/aromatic N) is 1. The van der Waals surface area contributed by atoms with E-state index in [2.05, 4.69) is 42.4 Å². The van der Waals surface area contributed by atoms with Crippen molar-refractivity contribution >= 4 is 78.2 Å². The van der Waals surface area contributed by atoms with Gasteiger partial charge in [0, 0.05) is 9.86 Å². The van der Waals surface area contributed by atoms with Crippen molar-refractivity contribution in [3.05, 3.63) is 96.5 Å². The maximum atomic E-state index is 12.3. The minimum atomic E-state index is -0.443. The van der Waals surface area contributed by atoms with Crippen LogP contribution in [0.4, 0.5) is 0 Å². The first-order chi connectivity index (χ1) is 15.4. The van der Waals surface area contributed by atoms with E-state index in [1.807, 2.05) is 42.5 Å². The van der Waals surface area contributed by atoms with Crippen molar-refractivity contribution in [3.63, 3.8) is 0 Å². The lowest BCUT2D eigenvalue weighted by Crippen LogP contribution is -2.16. The monoisotopic (exact) mass is 594 g/mol. The first kappa shape index (κ1) is 22.9. The van der Waals surface area contributed by atoms with Gasteiger partial charge in [0.25, 0.3) is 0 Å². The summed E-state index contributed by atoms with van der Waals surface area (Å²) in [5.41, 5.74) is 4.77. The van der Waals surface area contributed by atoms with Gasteiger partial charge in [0.05, 0.1) is 20.7 Å². The van der Waals surface area contributed by atoms with Gasteiger partial charge in [-0.25, -0.2) is 5.43 Å². The molecule has 32 heavy (non-hydrogen) atoms. The van der Waals surface area contributed by atoms with Gasteiger partial charge < -0.3 is 9.15 Å². The predicted octanol–water partition coefficient (Wildman–Crippen LogP) is 7.61. The Hall–Kier alpha value is -2.32. The smallest absolute Gasteiger partial charge is 0.307 e. The lowest BCUT2D eigenvalue weighted by molar-refractivity contribution is 0.0929. The molecule has 0 fully saturated rings. The van der Waals surface area contributed by atoms with E-state index in [-0.39, 0.29) is 5.76 Å². The van der Waals surface area contributed by atoms with Crippen LogP contribution in [0.25, 0.3) is 11.0 Å². The molecule has 0 saturated heterocycles. The number of halogens is 4. The number of amides is 1. The summed E-state index contributed by atoms with van der Waals surface area (Å²) in [6, 6.07) is 18.0. The van der Waals surface area contributed by atoms with E-state index >= 15 is 0 Å². The maximum absolute atomic E-state index is 12.3. The molecule has 1 heterocycles. The lowest BCUT2D eigenvalue weighted by atomic mass is 10.2. The molecule has 0 bridgehead atoms. The largest absolute Gasteiger partial charge is 0.489 e. The van der Waals surface area contributed by atoms with Gasteiger partial charge in [-0.3, -0.25) is 4.79 Å². The quantitative estimate of drug-likeness (QED) is 0.184. The molecule has 4 aromatic rings. The Morgan fingerprint density at radius 2 is 1.81 bits per heavy atom. The van der Waals surface area contributed by atoms with Crippen LogP contribution in [0.2, 0.25) is 10.0 Å². The number of carbonyl (C=O) groups excluding carboxylic acids is 1. The van der Waals surface area contributed by atoms with Crippen molar-refractivity contribution < 1.29 is 13.9 Å². The number of carbonyl (C=O) groups is 1. The molecule has 9 heteroatoms. The normalized spacial score (nSPS) is 11.2. The molecule has 1 aromatic heterocycles. The second-order valence-electron chi connectivity index (χ2n) is 6.72. The molecule has 0 aliphatic carbocycles. The van der Waals surface area contributed by atoms with Gasteiger partial charge in [0.2, 0.25) is 0 Å². The number of benzene rings is 3. The summed E-state index contributed by atoms with van der Waals surface area (Å²) >= 11 is 18.8. The van der Waals surface area contributed by atoms with Crippen LogP contribution in [0.1, 0.15) is 21.7 Å². The molecule has 0 unspecified atom stereocenters. The minimum Gasteiger partial charge on any atom is -0.489 e. The SMILES string of the molecule is O=C(N/N=C\c1ccc(OCc2ccc(Cl)c(Cl)c2)cc1)c1cc2cc(Br)cc(Br)c2o1. The Kier molecular flexibility index (Phi) is 7.20. The zero-order chi connectivity index (χ0) is 22.7. The predicted molar refractivity (Wildman–Crippen MR) is 134 cm³/mol. The van der Waals surface area contributed by atoms with E-state index in [1.54, 1.807) is 18.2 Å². The average molecular weight is 597 g/mol. The fraction of sp³-hybridized carbons (Fsp3) is 0.0435. The van der Waals surface area contributed by atoms with Crippen molar-refractivity contribution in [2.75, 3.05) is 0 Å². The van der Waals surface area contributed by atoms with Crippen LogP contribution in [-0.2, 0) is 6.61 Å². The van der Waals surface area contributed by atoms with Crippen LogP contribution < -0.4 is 10.2 Å². The lowest BCUT2D eigenvalue weighted by Gasteiger charge is -2.07. The van der Waals surface area contributed by atoms with Gasteiger partial charge in [-0.05, 0) is 81.7 Å². The number of ether oxygens (including phenoxy) is 1. The minimum absolute atomic E-state index is 0.169. The summed E-state index contributed by atoms with van der Waals surface area (Å²) in [6.45, 7) is 0.366. The molecule has 1 amide bonds. The number of furan rings is 1. The summed E-state index contributed by atoms with van der Waals surface area (Å²) in [4.78, 5) is 12.3. The molecular weight excluding hydrogens is 583 g/mol. The number of hydrazone groups is 1. The second kappa shape index (κ2) is 10.1. The molecule has 0 atom stereocenters. The highest BCUT2D eigenvalue weighted by Crippen LogP contribution is 2.31. The van der Waals surface area contributed by atoms with Crippen LogP contribution in [0.3, 0.4) is 0 Å². The van der Waals surface area contributed by atoms with Crippen molar-refractivity contribution in [2.24, 2.45) is 5.10 Å².